The molecule has 1 N–H and O–H groups in total. The van der Waals surface area contributed by atoms with Gasteiger partial charge in [-0.3, -0.25) is 9.59 Å². The van der Waals surface area contributed by atoms with Crippen LogP contribution in [0.3, 0.4) is 0 Å². The van der Waals surface area contributed by atoms with E-state index in [1.807, 2.05) is 91.0 Å². The number of rotatable bonds is 8. The molecule has 35 heavy (non-hydrogen) atoms. The SMILES string of the molecule is CCOC(=O)c1c(-c2ccccc2)c(-c2ccccc2)nn(CC(=O)NCc2ccccc2)c1=O. The van der Waals surface area contributed by atoms with E-state index in [2.05, 4.69) is 10.4 Å². The van der Waals surface area contributed by atoms with E-state index in [0.29, 0.717) is 28.9 Å². The number of carbonyl (C=O) groups is 2. The molecule has 7 heteroatoms. The number of esters is 1. The molecule has 0 bridgehead atoms. The van der Waals surface area contributed by atoms with Gasteiger partial charge in [0.15, 0.2) is 0 Å². The van der Waals surface area contributed by atoms with Crippen molar-refractivity contribution >= 4 is 11.9 Å². The van der Waals surface area contributed by atoms with Crippen LogP contribution in [-0.2, 0) is 22.6 Å². The van der Waals surface area contributed by atoms with Crippen LogP contribution < -0.4 is 10.9 Å². The largest absolute Gasteiger partial charge is 0.462 e. The number of amides is 1. The van der Waals surface area contributed by atoms with Crippen molar-refractivity contribution in [1.82, 2.24) is 15.1 Å². The second-order valence-corrected chi connectivity index (χ2v) is 7.78. The van der Waals surface area contributed by atoms with Gasteiger partial charge in [-0.25, -0.2) is 9.48 Å². The summed E-state index contributed by atoms with van der Waals surface area (Å²) < 4.78 is 6.28. The van der Waals surface area contributed by atoms with Gasteiger partial charge in [-0.15, -0.1) is 0 Å². The van der Waals surface area contributed by atoms with Crippen LogP contribution in [0.2, 0.25) is 0 Å². The molecule has 4 aromatic rings. The van der Waals surface area contributed by atoms with Gasteiger partial charge in [0.25, 0.3) is 5.56 Å². The van der Waals surface area contributed by atoms with E-state index in [-0.39, 0.29) is 18.7 Å². The van der Waals surface area contributed by atoms with E-state index in [9.17, 15) is 14.4 Å². The first kappa shape index (κ1) is 23.6. The van der Waals surface area contributed by atoms with Crippen LogP contribution in [0.1, 0.15) is 22.8 Å². The van der Waals surface area contributed by atoms with Crippen LogP contribution in [0.15, 0.2) is 95.8 Å². The molecule has 0 saturated heterocycles. The fraction of sp³-hybridized carbons (Fsp3) is 0.143. The summed E-state index contributed by atoms with van der Waals surface area (Å²) >= 11 is 0. The van der Waals surface area contributed by atoms with E-state index < -0.39 is 17.4 Å². The van der Waals surface area contributed by atoms with Crippen LogP contribution in [0.25, 0.3) is 22.4 Å². The minimum absolute atomic E-state index is 0.104. The topological polar surface area (TPSA) is 90.3 Å². The fourth-order valence-electron chi connectivity index (χ4n) is 3.74. The predicted octanol–water partition coefficient (Wildman–Crippen LogP) is 4.07. The van der Waals surface area contributed by atoms with Crippen LogP contribution in [-0.4, -0.2) is 28.3 Å². The van der Waals surface area contributed by atoms with Gasteiger partial charge in [0, 0.05) is 17.7 Å². The Morgan fingerprint density at radius 2 is 1.43 bits per heavy atom. The minimum atomic E-state index is -0.755. The molecule has 0 aliphatic heterocycles. The Morgan fingerprint density at radius 1 is 0.857 bits per heavy atom. The number of nitrogens with one attached hydrogen (secondary N) is 1. The Kier molecular flexibility index (Phi) is 7.47. The third-order valence-corrected chi connectivity index (χ3v) is 5.37. The summed E-state index contributed by atoms with van der Waals surface area (Å²) in [4.78, 5) is 39.2. The lowest BCUT2D eigenvalue weighted by molar-refractivity contribution is -0.122. The summed E-state index contributed by atoms with van der Waals surface area (Å²) in [6, 6.07) is 27.8. The zero-order valence-corrected chi connectivity index (χ0v) is 19.3. The Morgan fingerprint density at radius 3 is 2.03 bits per heavy atom. The number of hydrogen-bond acceptors (Lipinski definition) is 5. The molecule has 4 rings (SSSR count). The van der Waals surface area contributed by atoms with Crippen molar-refractivity contribution in [2.24, 2.45) is 0 Å². The minimum Gasteiger partial charge on any atom is -0.462 e. The van der Waals surface area contributed by atoms with E-state index >= 15 is 0 Å². The standard InChI is InChI=1S/C28H25N3O4/c1-2-35-28(34)25-24(21-14-8-4-9-15-21)26(22-16-10-5-11-17-22)30-31(27(25)33)19-23(32)29-18-20-12-6-3-7-13-20/h3-17H,2,18-19H2,1H3,(H,29,32). The molecule has 1 aromatic heterocycles. The van der Waals surface area contributed by atoms with E-state index in [4.69, 9.17) is 4.74 Å². The number of nitrogens with zero attached hydrogens (tertiary/aromatic N) is 2. The first-order chi connectivity index (χ1) is 17.1. The van der Waals surface area contributed by atoms with Crippen molar-refractivity contribution < 1.29 is 14.3 Å². The molecule has 0 saturated carbocycles. The molecule has 3 aromatic carbocycles. The molecular formula is C28H25N3O4. The third kappa shape index (κ3) is 5.52. The van der Waals surface area contributed by atoms with E-state index in [1.54, 1.807) is 6.92 Å². The summed E-state index contributed by atoms with van der Waals surface area (Å²) in [6.45, 7) is 1.75. The highest BCUT2D eigenvalue weighted by atomic mass is 16.5. The van der Waals surface area contributed by atoms with Gasteiger partial charge < -0.3 is 10.1 Å². The van der Waals surface area contributed by atoms with Gasteiger partial charge in [-0.2, -0.15) is 5.10 Å². The molecule has 1 amide bonds. The lowest BCUT2D eigenvalue weighted by Gasteiger charge is -2.17. The van der Waals surface area contributed by atoms with Crippen LogP contribution in [0.5, 0.6) is 0 Å². The highest BCUT2D eigenvalue weighted by molar-refractivity contribution is 6.01. The molecule has 0 unspecified atom stereocenters. The van der Waals surface area contributed by atoms with Gasteiger partial charge in [0.1, 0.15) is 12.1 Å². The maximum Gasteiger partial charge on any atom is 0.344 e. The first-order valence-corrected chi connectivity index (χ1v) is 11.3. The van der Waals surface area contributed by atoms with E-state index in [1.165, 1.54) is 0 Å². The summed E-state index contributed by atoms with van der Waals surface area (Å²) in [5, 5.41) is 7.35. The average Bonchev–Trinajstić information content (AvgIpc) is 2.90. The Hall–Kier alpha value is -4.52. The molecule has 0 aliphatic rings. The summed E-state index contributed by atoms with van der Waals surface area (Å²) in [6.07, 6.45) is 0. The van der Waals surface area contributed by atoms with Crippen molar-refractivity contribution in [3.05, 3.63) is 112 Å². The smallest absolute Gasteiger partial charge is 0.344 e. The molecule has 7 nitrogen and oxygen atoms in total. The zero-order chi connectivity index (χ0) is 24.6. The Balaban J connectivity index is 1.82. The van der Waals surface area contributed by atoms with Crippen molar-refractivity contribution in [2.45, 2.75) is 20.0 Å². The Bertz CT molecular complexity index is 1370. The molecule has 1 heterocycles. The molecular weight excluding hydrogens is 442 g/mol. The van der Waals surface area contributed by atoms with Gasteiger partial charge in [0.2, 0.25) is 5.91 Å². The number of carbonyl (C=O) groups excluding carboxylic acids is 2. The van der Waals surface area contributed by atoms with Crippen LogP contribution >= 0.6 is 0 Å². The highest BCUT2D eigenvalue weighted by Crippen LogP contribution is 2.32. The first-order valence-electron chi connectivity index (χ1n) is 11.3. The third-order valence-electron chi connectivity index (χ3n) is 5.37. The molecule has 0 atom stereocenters. The van der Waals surface area contributed by atoms with Crippen LogP contribution in [0, 0.1) is 0 Å². The van der Waals surface area contributed by atoms with Gasteiger partial charge in [-0.05, 0) is 18.1 Å². The number of hydrogen-bond donors (Lipinski definition) is 1. The molecule has 0 radical (unpaired) electrons. The van der Waals surface area contributed by atoms with Gasteiger partial charge in [0.05, 0.1) is 12.3 Å². The molecule has 176 valence electrons. The lowest BCUT2D eigenvalue weighted by Crippen LogP contribution is -2.37. The lowest BCUT2D eigenvalue weighted by atomic mass is 9.95. The molecule has 0 spiro atoms. The second kappa shape index (κ2) is 11.1. The quantitative estimate of drug-likeness (QED) is 0.395. The highest BCUT2D eigenvalue weighted by Gasteiger charge is 2.26. The van der Waals surface area contributed by atoms with Crippen molar-refractivity contribution in [2.75, 3.05) is 6.61 Å². The van der Waals surface area contributed by atoms with Gasteiger partial charge in [-0.1, -0.05) is 91.0 Å². The van der Waals surface area contributed by atoms with Gasteiger partial charge >= 0.3 is 5.97 Å². The number of benzene rings is 3. The summed E-state index contributed by atoms with van der Waals surface area (Å²) in [5.74, 6) is -1.15. The van der Waals surface area contributed by atoms with Crippen LogP contribution in [0.4, 0.5) is 0 Å². The van der Waals surface area contributed by atoms with E-state index in [0.717, 1.165) is 10.2 Å². The fourth-order valence-corrected chi connectivity index (χ4v) is 3.74. The maximum absolute atomic E-state index is 13.5. The van der Waals surface area contributed by atoms with Crippen molar-refractivity contribution in [3.8, 4) is 22.4 Å². The second-order valence-electron chi connectivity index (χ2n) is 7.78. The molecule has 0 aliphatic carbocycles. The predicted molar refractivity (Wildman–Crippen MR) is 134 cm³/mol. The number of aromatic nitrogens is 2. The number of ether oxygens (including phenoxy) is 1. The Labute approximate surface area is 203 Å². The average molecular weight is 468 g/mol. The summed E-state index contributed by atoms with van der Waals surface area (Å²) in [5.41, 5.74) is 2.24. The summed E-state index contributed by atoms with van der Waals surface area (Å²) in [7, 11) is 0. The maximum atomic E-state index is 13.5. The van der Waals surface area contributed by atoms with Crippen molar-refractivity contribution in [1.29, 1.82) is 0 Å². The molecule has 0 fully saturated rings. The van der Waals surface area contributed by atoms with Crippen molar-refractivity contribution in [3.63, 3.8) is 0 Å². The monoisotopic (exact) mass is 467 g/mol. The normalized spacial score (nSPS) is 10.5. The zero-order valence-electron chi connectivity index (χ0n) is 19.3.